The summed E-state index contributed by atoms with van der Waals surface area (Å²) in [6.07, 6.45) is 1.41. The van der Waals surface area contributed by atoms with Crippen molar-refractivity contribution in [3.8, 4) is 6.07 Å². The number of hydrogen-bond acceptors (Lipinski definition) is 6. The van der Waals surface area contributed by atoms with Gasteiger partial charge in [0.2, 0.25) is 0 Å². The van der Waals surface area contributed by atoms with E-state index in [9.17, 15) is 14.9 Å². The van der Waals surface area contributed by atoms with Crippen LogP contribution in [-0.2, 0) is 0 Å². The largest absolute Gasteiger partial charge is 0.459 e. The van der Waals surface area contributed by atoms with Crippen molar-refractivity contribution in [2.45, 2.75) is 19.8 Å². The summed E-state index contributed by atoms with van der Waals surface area (Å²) in [5.41, 5.74) is 2.39. The number of carbonyl (C=O) groups is 2. The van der Waals surface area contributed by atoms with E-state index in [1.54, 1.807) is 35.7 Å². The number of aryl methyl sites for hydroxylation is 2. The minimum Gasteiger partial charge on any atom is -0.459 e. The predicted octanol–water partition coefficient (Wildman–Crippen LogP) is 4.10. The van der Waals surface area contributed by atoms with Crippen LogP contribution in [0.3, 0.4) is 0 Å². The van der Waals surface area contributed by atoms with Gasteiger partial charge < -0.3 is 9.73 Å². The number of aromatic nitrogens is 1. The van der Waals surface area contributed by atoms with Crippen LogP contribution in [0.5, 0.6) is 0 Å². The molecule has 0 saturated carbocycles. The number of furan rings is 1. The van der Waals surface area contributed by atoms with E-state index in [0.717, 1.165) is 11.3 Å². The monoisotopic (exact) mass is 365 g/mol. The highest BCUT2D eigenvalue weighted by Gasteiger charge is 2.25. The third-order valence-corrected chi connectivity index (χ3v) is 4.82. The Kier molecular flexibility index (Phi) is 4.96. The first-order chi connectivity index (χ1) is 12.5. The Morgan fingerprint density at radius 1 is 1.31 bits per heavy atom. The van der Waals surface area contributed by atoms with Gasteiger partial charge in [-0.05, 0) is 37.6 Å². The lowest BCUT2D eigenvalue weighted by molar-refractivity contribution is 0.0974. The van der Waals surface area contributed by atoms with Crippen LogP contribution in [0.4, 0.5) is 5.69 Å². The Labute approximate surface area is 154 Å². The highest BCUT2D eigenvalue weighted by molar-refractivity contribution is 7.10. The van der Waals surface area contributed by atoms with Crippen LogP contribution < -0.4 is 5.32 Å². The number of rotatable bonds is 5. The lowest BCUT2D eigenvalue weighted by Gasteiger charge is -2.11. The molecule has 0 fully saturated rings. The van der Waals surface area contributed by atoms with Crippen molar-refractivity contribution in [3.05, 3.63) is 69.6 Å². The van der Waals surface area contributed by atoms with Crippen molar-refractivity contribution in [3.63, 3.8) is 0 Å². The second kappa shape index (κ2) is 7.33. The van der Waals surface area contributed by atoms with Crippen LogP contribution in [0.25, 0.3) is 0 Å². The van der Waals surface area contributed by atoms with E-state index >= 15 is 0 Å². The summed E-state index contributed by atoms with van der Waals surface area (Å²) in [4.78, 5) is 29.2. The van der Waals surface area contributed by atoms with Gasteiger partial charge in [0.15, 0.2) is 17.5 Å². The maximum absolute atomic E-state index is 12.8. The number of hydrogen-bond donors (Lipinski definition) is 1. The molecule has 3 rings (SSSR count). The number of carbonyl (C=O) groups excluding carboxylic acids is 2. The van der Waals surface area contributed by atoms with Gasteiger partial charge in [0.05, 0.1) is 12.3 Å². The van der Waals surface area contributed by atoms with Crippen molar-refractivity contribution in [1.29, 1.82) is 5.26 Å². The van der Waals surface area contributed by atoms with Crippen molar-refractivity contribution >= 4 is 28.7 Å². The van der Waals surface area contributed by atoms with Gasteiger partial charge in [0.1, 0.15) is 5.01 Å². The summed E-state index contributed by atoms with van der Waals surface area (Å²) in [7, 11) is 0. The van der Waals surface area contributed by atoms with Gasteiger partial charge in [-0.25, -0.2) is 4.98 Å². The van der Waals surface area contributed by atoms with Gasteiger partial charge in [-0.2, -0.15) is 5.26 Å². The van der Waals surface area contributed by atoms with Crippen molar-refractivity contribution < 1.29 is 14.0 Å². The van der Waals surface area contributed by atoms with E-state index in [1.807, 2.05) is 19.9 Å². The SMILES string of the molecule is Cc1csc(C(C#N)C(=O)c2ccc(C)c(NC(=O)c3ccco3)c2)n1. The Hall–Kier alpha value is -3.24. The zero-order chi connectivity index (χ0) is 18.7. The molecule has 3 aromatic rings. The van der Waals surface area contributed by atoms with E-state index in [0.29, 0.717) is 16.3 Å². The van der Waals surface area contributed by atoms with Crippen LogP contribution in [0.15, 0.2) is 46.4 Å². The normalized spacial score (nSPS) is 11.6. The summed E-state index contributed by atoms with van der Waals surface area (Å²) < 4.78 is 5.07. The first kappa shape index (κ1) is 17.6. The van der Waals surface area contributed by atoms with Gasteiger partial charge in [-0.15, -0.1) is 11.3 Å². The standard InChI is InChI=1S/C19H15N3O3S/c1-11-5-6-13(8-15(11)22-18(24)16-4-3-7-25-16)17(23)14(9-20)19-21-12(2)10-26-19/h3-8,10,14H,1-2H3,(H,22,24). The predicted molar refractivity (Wildman–Crippen MR) is 97.4 cm³/mol. The Morgan fingerprint density at radius 3 is 2.73 bits per heavy atom. The molecule has 7 heteroatoms. The zero-order valence-electron chi connectivity index (χ0n) is 14.1. The molecule has 1 atom stereocenters. The highest BCUT2D eigenvalue weighted by Crippen LogP contribution is 2.26. The van der Waals surface area contributed by atoms with Gasteiger partial charge >= 0.3 is 0 Å². The Bertz CT molecular complexity index is 999. The summed E-state index contributed by atoms with van der Waals surface area (Å²) >= 11 is 1.28. The van der Waals surface area contributed by atoms with Crippen LogP contribution in [0, 0.1) is 25.2 Å². The maximum atomic E-state index is 12.8. The van der Waals surface area contributed by atoms with E-state index in [2.05, 4.69) is 10.3 Å². The molecular formula is C19H15N3O3S. The molecule has 1 aromatic carbocycles. The molecule has 0 aliphatic heterocycles. The number of ketones is 1. The Balaban J connectivity index is 1.87. The van der Waals surface area contributed by atoms with Gasteiger partial charge in [-0.1, -0.05) is 12.1 Å². The molecule has 1 N–H and O–H groups in total. The molecule has 6 nitrogen and oxygen atoms in total. The summed E-state index contributed by atoms with van der Waals surface area (Å²) in [6, 6.07) is 10.1. The molecule has 0 spiro atoms. The maximum Gasteiger partial charge on any atom is 0.291 e. The van der Waals surface area contributed by atoms with Crippen LogP contribution in [0.1, 0.15) is 43.1 Å². The lowest BCUT2D eigenvalue weighted by Crippen LogP contribution is -2.14. The number of thiazole rings is 1. The van der Waals surface area contributed by atoms with Crippen molar-refractivity contribution in [2.24, 2.45) is 0 Å². The molecule has 1 amide bonds. The molecule has 130 valence electrons. The quantitative estimate of drug-likeness (QED) is 0.687. The first-order valence-electron chi connectivity index (χ1n) is 7.81. The van der Waals surface area contributed by atoms with Crippen molar-refractivity contribution in [2.75, 3.05) is 5.32 Å². The molecule has 1 unspecified atom stereocenters. The average molecular weight is 365 g/mol. The first-order valence-corrected chi connectivity index (χ1v) is 8.69. The number of anilines is 1. The second-order valence-electron chi connectivity index (χ2n) is 5.71. The second-order valence-corrected chi connectivity index (χ2v) is 6.60. The van der Waals surface area contributed by atoms with E-state index in [-0.39, 0.29) is 11.5 Å². The van der Waals surface area contributed by atoms with Crippen molar-refractivity contribution in [1.82, 2.24) is 4.98 Å². The van der Waals surface area contributed by atoms with E-state index in [1.165, 1.54) is 17.6 Å². The van der Waals surface area contributed by atoms with Gasteiger partial charge in [-0.3, -0.25) is 9.59 Å². The number of benzene rings is 1. The molecule has 0 saturated heterocycles. The summed E-state index contributed by atoms with van der Waals surface area (Å²) in [5, 5.41) is 14.4. The minimum absolute atomic E-state index is 0.175. The van der Waals surface area contributed by atoms with Gasteiger partial charge in [0, 0.05) is 22.3 Å². The molecule has 2 heterocycles. The third kappa shape index (κ3) is 3.55. The number of Topliss-reactive ketones (excluding diaryl/α,β-unsaturated/α-hetero) is 1. The lowest BCUT2D eigenvalue weighted by atomic mass is 9.97. The zero-order valence-corrected chi connectivity index (χ0v) is 15.0. The highest BCUT2D eigenvalue weighted by atomic mass is 32.1. The van der Waals surface area contributed by atoms with Gasteiger partial charge in [0.25, 0.3) is 5.91 Å². The molecule has 0 bridgehead atoms. The molecular weight excluding hydrogens is 350 g/mol. The fraction of sp³-hybridized carbons (Fsp3) is 0.158. The number of nitrogens with zero attached hydrogens (tertiary/aromatic N) is 2. The number of nitriles is 1. The Morgan fingerprint density at radius 2 is 2.12 bits per heavy atom. The fourth-order valence-electron chi connectivity index (χ4n) is 2.40. The average Bonchev–Trinajstić information content (AvgIpc) is 3.29. The number of amides is 1. The fourth-order valence-corrected chi connectivity index (χ4v) is 3.24. The van der Waals surface area contributed by atoms with Crippen LogP contribution in [0.2, 0.25) is 0 Å². The smallest absolute Gasteiger partial charge is 0.291 e. The third-order valence-electron chi connectivity index (χ3n) is 3.79. The molecule has 0 aliphatic carbocycles. The number of nitrogens with one attached hydrogen (secondary N) is 1. The minimum atomic E-state index is -0.968. The molecule has 0 radical (unpaired) electrons. The van der Waals surface area contributed by atoms with E-state index < -0.39 is 11.8 Å². The van der Waals surface area contributed by atoms with E-state index in [4.69, 9.17) is 4.42 Å². The van der Waals surface area contributed by atoms with Crippen LogP contribution >= 0.6 is 11.3 Å². The molecule has 26 heavy (non-hydrogen) atoms. The molecule has 0 aliphatic rings. The molecule has 2 aromatic heterocycles. The topological polar surface area (TPSA) is 96.0 Å². The summed E-state index contributed by atoms with van der Waals surface area (Å²) in [5.74, 6) is -1.55. The van der Waals surface area contributed by atoms with Crippen LogP contribution in [-0.4, -0.2) is 16.7 Å². The summed E-state index contributed by atoms with van der Waals surface area (Å²) in [6.45, 7) is 3.63.